The van der Waals surface area contributed by atoms with Crippen molar-refractivity contribution in [3.63, 3.8) is 0 Å². The maximum Gasteiger partial charge on any atom is 0.220 e. The zero-order chi connectivity index (χ0) is 14.4. The van der Waals surface area contributed by atoms with Crippen molar-refractivity contribution in [1.29, 1.82) is 0 Å². The number of aryl methyl sites for hydroxylation is 2. The Morgan fingerprint density at radius 2 is 2.15 bits per heavy atom. The Kier molecular flexibility index (Phi) is 5.60. The van der Waals surface area contributed by atoms with E-state index in [2.05, 4.69) is 30.4 Å². The van der Waals surface area contributed by atoms with Gasteiger partial charge in [0.1, 0.15) is 0 Å². The third-order valence-corrected chi connectivity index (χ3v) is 4.34. The average Bonchev–Trinajstić information content (AvgIpc) is 2.90. The molecule has 0 bridgehead atoms. The lowest BCUT2D eigenvalue weighted by atomic mass is 9.97. The molecule has 3 nitrogen and oxygen atoms in total. The molecule has 3 heteroatoms. The third kappa shape index (κ3) is 4.34. The minimum Gasteiger partial charge on any atom is -0.396 e. The standard InChI is InChI=1S/C17H25NO2/c1-13-4-2-5-14(10-13)8-9-17(20)18-11-15-6-3-7-16(15)12-19/h2,4-5,10,15-16,19H,3,6-9,11-12H2,1H3,(H,18,20). The highest BCUT2D eigenvalue weighted by Gasteiger charge is 2.26. The number of aliphatic hydroxyl groups excluding tert-OH is 1. The number of benzene rings is 1. The molecule has 1 fully saturated rings. The van der Waals surface area contributed by atoms with Crippen LogP contribution in [-0.4, -0.2) is 24.2 Å². The molecule has 0 heterocycles. The molecule has 0 aromatic heterocycles. The number of rotatable bonds is 6. The second-order valence-electron chi connectivity index (χ2n) is 5.93. The minimum atomic E-state index is 0.120. The summed E-state index contributed by atoms with van der Waals surface area (Å²) in [6.07, 6.45) is 4.74. The van der Waals surface area contributed by atoms with Gasteiger partial charge < -0.3 is 10.4 Å². The summed E-state index contributed by atoms with van der Waals surface area (Å²) < 4.78 is 0. The van der Waals surface area contributed by atoms with Crippen LogP contribution in [0.4, 0.5) is 0 Å². The van der Waals surface area contributed by atoms with Crippen LogP contribution in [0.3, 0.4) is 0 Å². The molecule has 2 N–H and O–H groups in total. The van der Waals surface area contributed by atoms with Crippen molar-refractivity contribution < 1.29 is 9.90 Å². The fourth-order valence-electron chi connectivity index (χ4n) is 3.08. The van der Waals surface area contributed by atoms with E-state index in [1.165, 1.54) is 17.5 Å². The van der Waals surface area contributed by atoms with Gasteiger partial charge in [0, 0.05) is 19.6 Å². The molecule has 1 saturated carbocycles. The van der Waals surface area contributed by atoms with Crippen LogP contribution in [-0.2, 0) is 11.2 Å². The van der Waals surface area contributed by atoms with Gasteiger partial charge in [-0.05, 0) is 43.6 Å². The number of carbonyl (C=O) groups excluding carboxylic acids is 1. The van der Waals surface area contributed by atoms with Gasteiger partial charge in [-0.1, -0.05) is 36.2 Å². The molecule has 110 valence electrons. The van der Waals surface area contributed by atoms with Gasteiger partial charge in [0.15, 0.2) is 0 Å². The highest BCUT2D eigenvalue weighted by molar-refractivity contribution is 5.76. The molecule has 2 atom stereocenters. The van der Waals surface area contributed by atoms with E-state index in [0.29, 0.717) is 18.3 Å². The van der Waals surface area contributed by atoms with Crippen LogP contribution in [0.1, 0.15) is 36.8 Å². The molecule has 1 aromatic rings. The molecule has 2 rings (SSSR count). The molecule has 1 aliphatic carbocycles. The lowest BCUT2D eigenvalue weighted by Gasteiger charge is -2.17. The van der Waals surface area contributed by atoms with Gasteiger partial charge in [-0.3, -0.25) is 4.79 Å². The Morgan fingerprint density at radius 1 is 1.35 bits per heavy atom. The molecule has 0 aliphatic heterocycles. The van der Waals surface area contributed by atoms with E-state index in [0.717, 1.165) is 25.8 Å². The van der Waals surface area contributed by atoms with Crippen LogP contribution in [0.5, 0.6) is 0 Å². The minimum absolute atomic E-state index is 0.120. The lowest BCUT2D eigenvalue weighted by Crippen LogP contribution is -2.31. The fourth-order valence-corrected chi connectivity index (χ4v) is 3.08. The Labute approximate surface area is 121 Å². The largest absolute Gasteiger partial charge is 0.396 e. The molecule has 2 unspecified atom stereocenters. The third-order valence-electron chi connectivity index (χ3n) is 4.34. The number of amides is 1. The van der Waals surface area contributed by atoms with Crippen LogP contribution < -0.4 is 5.32 Å². The van der Waals surface area contributed by atoms with Crippen LogP contribution in [0.2, 0.25) is 0 Å². The van der Waals surface area contributed by atoms with Crippen molar-refractivity contribution in [2.45, 2.75) is 39.0 Å². The second-order valence-corrected chi connectivity index (χ2v) is 5.93. The van der Waals surface area contributed by atoms with E-state index < -0.39 is 0 Å². The summed E-state index contributed by atoms with van der Waals surface area (Å²) in [7, 11) is 0. The molecule has 20 heavy (non-hydrogen) atoms. The number of hydrogen-bond acceptors (Lipinski definition) is 2. The zero-order valence-electron chi connectivity index (χ0n) is 12.3. The van der Waals surface area contributed by atoms with Crippen molar-refractivity contribution in [2.24, 2.45) is 11.8 Å². The van der Waals surface area contributed by atoms with Crippen molar-refractivity contribution in [2.75, 3.05) is 13.2 Å². The first-order chi connectivity index (χ1) is 9.69. The topological polar surface area (TPSA) is 49.3 Å². The second kappa shape index (κ2) is 7.44. The van der Waals surface area contributed by atoms with E-state index in [-0.39, 0.29) is 12.5 Å². The average molecular weight is 275 g/mol. The van der Waals surface area contributed by atoms with E-state index >= 15 is 0 Å². The number of nitrogens with one attached hydrogen (secondary N) is 1. The van der Waals surface area contributed by atoms with Crippen LogP contribution in [0.15, 0.2) is 24.3 Å². The molecule has 1 amide bonds. The van der Waals surface area contributed by atoms with Crippen LogP contribution >= 0.6 is 0 Å². The molecular weight excluding hydrogens is 250 g/mol. The van der Waals surface area contributed by atoms with Crippen molar-refractivity contribution in [1.82, 2.24) is 5.32 Å². The van der Waals surface area contributed by atoms with Crippen molar-refractivity contribution >= 4 is 5.91 Å². The Bertz CT molecular complexity index is 444. The first kappa shape index (κ1) is 15.0. The molecule has 1 aliphatic rings. The highest BCUT2D eigenvalue weighted by atomic mass is 16.3. The van der Waals surface area contributed by atoms with Gasteiger partial charge >= 0.3 is 0 Å². The normalized spacial score (nSPS) is 21.9. The smallest absolute Gasteiger partial charge is 0.220 e. The summed E-state index contributed by atoms with van der Waals surface area (Å²) >= 11 is 0. The predicted octanol–water partition coefficient (Wildman–Crippen LogP) is 2.45. The Balaban J connectivity index is 1.70. The SMILES string of the molecule is Cc1cccc(CCC(=O)NCC2CCCC2CO)c1. The quantitative estimate of drug-likeness (QED) is 0.838. The number of carbonyl (C=O) groups is 1. The van der Waals surface area contributed by atoms with E-state index in [1.54, 1.807) is 0 Å². The first-order valence-corrected chi connectivity index (χ1v) is 7.62. The van der Waals surface area contributed by atoms with Crippen molar-refractivity contribution in [3.05, 3.63) is 35.4 Å². The monoisotopic (exact) mass is 275 g/mol. The summed E-state index contributed by atoms with van der Waals surface area (Å²) in [5, 5.41) is 12.3. The number of aliphatic hydroxyl groups is 1. The van der Waals surface area contributed by atoms with Gasteiger partial charge in [-0.15, -0.1) is 0 Å². The summed E-state index contributed by atoms with van der Waals surface area (Å²) in [6, 6.07) is 8.30. The van der Waals surface area contributed by atoms with Gasteiger partial charge in [-0.2, -0.15) is 0 Å². The maximum atomic E-state index is 11.9. The maximum absolute atomic E-state index is 11.9. The molecule has 0 spiro atoms. The van der Waals surface area contributed by atoms with Gasteiger partial charge in [0.2, 0.25) is 5.91 Å². The summed E-state index contributed by atoms with van der Waals surface area (Å²) in [6.45, 7) is 3.04. The molecule has 1 aromatic carbocycles. The summed E-state index contributed by atoms with van der Waals surface area (Å²) in [4.78, 5) is 11.9. The Morgan fingerprint density at radius 3 is 2.90 bits per heavy atom. The van der Waals surface area contributed by atoms with Gasteiger partial charge in [0.05, 0.1) is 0 Å². The van der Waals surface area contributed by atoms with Crippen LogP contribution in [0.25, 0.3) is 0 Å². The van der Waals surface area contributed by atoms with Gasteiger partial charge in [-0.25, -0.2) is 0 Å². The first-order valence-electron chi connectivity index (χ1n) is 7.62. The Hall–Kier alpha value is -1.35. The molecule has 0 radical (unpaired) electrons. The molecular formula is C17H25NO2. The summed E-state index contributed by atoms with van der Waals surface area (Å²) in [5.74, 6) is 0.963. The van der Waals surface area contributed by atoms with E-state index in [4.69, 9.17) is 0 Å². The highest BCUT2D eigenvalue weighted by Crippen LogP contribution is 2.30. The van der Waals surface area contributed by atoms with Crippen molar-refractivity contribution in [3.8, 4) is 0 Å². The van der Waals surface area contributed by atoms with E-state index in [9.17, 15) is 9.90 Å². The van der Waals surface area contributed by atoms with E-state index in [1.807, 2.05) is 6.07 Å². The lowest BCUT2D eigenvalue weighted by molar-refractivity contribution is -0.121. The van der Waals surface area contributed by atoms with Gasteiger partial charge in [0.25, 0.3) is 0 Å². The summed E-state index contributed by atoms with van der Waals surface area (Å²) in [5.41, 5.74) is 2.45. The molecule has 0 saturated heterocycles. The number of hydrogen-bond donors (Lipinski definition) is 2. The fraction of sp³-hybridized carbons (Fsp3) is 0.588. The zero-order valence-corrected chi connectivity index (χ0v) is 12.3. The van der Waals surface area contributed by atoms with Crippen LogP contribution in [0, 0.1) is 18.8 Å². The predicted molar refractivity (Wildman–Crippen MR) is 80.4 cm³/mol.